The molecule has 0 fully saturated rings. The van der Waals surface area contributed by atoms with Crippen molar-refractivity contribution in [2.24, 2.45) is 5.11 Å². The molecule has 0 saturated carbocycles. The largest absolute Gasteiger partial charge is 0.494 e. The van der Waals surface area contributed by atoms with Crippen molar-refractivity contribution in [3.8, 4) is 5.75 Å². The molecule has 0 radical (unpaired) electrons. The Morgan fingerprint density at radius 1 is 1.18 bits per heavy atom. The number of benzene rings is 2. The fourth-order valence-electron chi connectivity index (χ4n) is 2.02. The Hall–Kier alpha value is -2.98. The van der Waals surface area contributed by atoms with Gasteiger partial charge in [0.15, 0.2) is 0 Å². The average Bonchev–Trinajstić information content (AvgIpc) is 2.55. The van der Waals surface area contributed by atoms with Gasteiger partial charge in [0, 0.05) is 15.7 Å². The maximum atomic E-state index is 12.0. The molecular formula is C16H16N4O2. The van der Waals surface area contributed by atoms with Gasteiger partial charge in [0.05, 0.1) is 13.2 Å². The van der Waals surface area contributed by atoms with Crippen LogP contribution in [0.3, 0.4) is 0 Å². The van der Waals surface area contributed by atoms with E-state index in [1.165, 1.54) is 4.90 Å². The predicted molar refractivity (Wildman–Crippen MR) is 84.8 cm³/mol. The van der Waals surface area contributed by atoms with Crippen molar-refractivity contribution < 1.29 is 9.53 Å². The molecule has 22 heavy (non-hydrogen) atoms. The normalized spacial score (nSPS) is 9.68. The highest BCUT2D eigenvalue weighted by Gasteiger charge is 2.15. The van der Waals surface area contributed by atoms with Gasteiger partial charge >= 0.3 is 6.03 Å². The molecule has 112 valence electrons. The van der Waals surface area contributed by atoms with Crippen molar-refractivity contribution in [2.45, 2.75) is 13.5 Å². The van der Waals surface area contributed by atoms with Crippen LogP contribution < -0.4 is 9.64 Å². The van der Waals surface area contributed by atoms with Crippen molar-refractivity contribution in [3.63, 3.8) is 0 Å². The molecule has 6 nitrogen and oxygen atoms in total. The molecule has 2 amide bonds. The minimum atomic E-state index is -0.643. The van der Waals surface area contributed by atoms with Crippen LogP contribution in [0, 0.1) is 0 Å². The second-order valence-corrected chi connectivity index (χ2v) is 4.47. The topological polar surface area (TPSA) is 78.3 Å². The first-order chi connectivity index (χ1) is 10.7. The number of hydrogen-bond donors (Lipinski definition) is 0. The van der Waals surface area contributed by atoms with E-state index in [9.17, 15) is 4.79 Å². The molecule has 0 aromatic heterocycles. The molecule has 0 spiro atoms. The zero-order valence-corrected chi connectivity index (χ0v) is 12.2. The Balaban J connectivity index is 2.27. The molecule has 0 N–H and O–H groups in total. The Morgan fingerprint density at radius 3 is 2.45 bits per heavy atom. The van der Waals surface area contributed by atoms with Gasteiger partial charge in [0.25, 0.3) is 0 Å². The average molecular weight is 296 g/mol. The maximum Gasteiger partial charge on any atom is 0.315 e. The van der Waals surface area contributed by atoms with Crippen LogP contribution in [0.25, 0.3) is 10.4 Å². The number of carbonyl (C=O) groups excluding carboxylic acids is 1. The molecule has 0 atom stereocenters. The lowest BCUT2D eigenvalue weighted by molar-refractivity contribution is 0.253. The van der Waals surface area contributed by atoms with Crippen LogP contribution in [-0.4, -0.2) is 12.6 Å². The lowest BCUT2D eigenvalue weighted by Crippen LogP contribution is -2.27. The molecule has 0 aliphatic heterocycles. The van der Waals surface area contributed by atoms with E-state index in [0.29, 0.717) is 18.8 Å². The van der Waals surface area contributed by atoms with Crippen molar-refractivity contribution in [1.82, 2.24) is 0 Å². The summed E-state index contributed by atoms with van der Waals surface area (Å²) < 4.78 is 5.38. The fraction of sp³-hybridized carbons (Fsp3) is 0.188. The lowest BCUT2D eigenvalue weighted by atomic mass is 10.2. The SMILES string of the molecule is CCOc1ccc(N(Cc2ccccc2)C(=O)N=[N+]=[N-])cc1. The van der Waals surface area contributed by atoms with Gasteiger partial charge in [-0.15, -0.1) is 0 Å². The Bertz CT molecular complexity index is 664. The van der Waals surface area contributed by atoms with E-state index in [2.05, 4.69) is 10.0 Å². The second-order valence-electron chi connectivity index (χ2n) is 4.47. The van der Waals surface area contributed by atoms with Crippen LogP contribution in [0.5, 0.6) is 5.75 Å². The zero-order chi connectivity index (χ0) is 15.8. The van der Waals surface area contributed by atoms with Gasteiger partial charge in [0.1, 0.15) is 5.75 Å². The summed E-state index contributed by atoms with van der Waals surface area (Å²) in [6, 6.07) is 15.9. The zero-order valence-electron chi connectivity index (χ0n) is 12.2. The van der Waals surface area contributed by atoms with Crippen molar-refractivity contribution in [3.05, 3.63) is 70.6 Å². The first-order valence-electron chi connectivity index (χ1n) is 6.88. The molecular weight excluding hydrogens is 280 g/mol. The van der Waals surface area contributed by atoms with E-state index < -0.39 is 6.03 Å². The fourth-order valence-corrected chi connectivity index (χ4v) is 2.02. The highest BCUT2D eigenvalue weighted by molar-refractivity contribution is 5.92. The molecule has 2 rings (SSSR count). The number of amides is 2. The molecule has 0 heterocycles. The highest BCUT2D eigenvalue weighted by Crippen LogP contribution is 2.22. The van der Waals surface area contributed by atoms with E-state index in [1.807, 2.05) is 37.3 Å². The molecule has 0 bridgehead atoms. The van der Waals surface area contributed by atoms with Gasteiger partial charge in [-0.1, -0.05) is 30.3 Å². The van der Waals surface area contributed by atoms with Crippen LogP contribution >= 0.6 is 0 Å². The maximum absolute atomic E-state index is 12.0. The van der Waals surface area contributed by atoms with Crippen LogP contribution in [0.15, 0.2) is 59.7 Å². The van der Waals surface area contributed by atoms with Gasteiger partial charge in [-0.05, 0) is 42.3 Å². The molecule has 2 aromatic rings. The van der Waals surface area contributed by atoms with E-state index in [4.69, 9.17) is 10.3 Å². The Morgan fingerprint density at radius 2 is 1.86 bits per heavy atom. The molecule has 6 heteroatoms. The third-order valence-corrected chi connectivity index (χ3v) is 3.00. The number of ether oxygens (including phenoxy) is 1. The van der Waals surface area contributed by atoms with E-state index in [0.717, 1.165) is 11.3 Å². The summed E-state index contributed by atoms with van der Waals surface area (Å²) >= 11 is 0. The molecule has 0 saturated heterocycles. The third kappa shape index (κ3) is 4.01. The third-order valence-electron chi connectivity index (χ3n) is 3.00. The summed E-state index contributed by atoms with van der Waals surface area (Å²) in [5.74, 6) is 0.724. The van der Waals surface area contributed by atoms with Gasteiger partial charge in [-0.25, -0.2) is 0 Å². The first kappa shape index (κ1) is 15.4. The first-order valence-corrected chi connectivity index (χ1v) is 6.88. The van der Waals surface area contributed by atoms with E-state index >= 15 is 0 Å². The number of azide groups is 1. The van der Waals surface area contributed by atoms with Crippen LogP contribution in [0.4, 0.5) is 10.5 Å². The van der Waals surface area contributed by atoms with Crippen molar-refractivity contribution in [1.29, 1.82) is 0 Å². The minimum absolute atomic E-state index is 0.326. The summed E-state index contributed by atoms with van der Waals surface area (Å²) in [4.78, 5) is 16.0. The molecule has 2 aromatic carbocycles. The molecule has 0 aliphatic rings. The van der Waals surface area contributed by atoms with Gasteiger partial charge in [-0.3, -0.25) is 4.79 Å². The van der Waals surface area contributed by atoms with E-state index in [-0.39, 0.29) is 0 Å². The van der Waals surface area contributed by atoms with E-state index in [1.54, 1.807) is 24.3 Å². The van der Waals surface area contributed by atoms with Gasteiger partial charge in [0.2, 0.25) is 0 Å². The summed E-state index contributed by atoms with van der Waals surface area (Å²) in [6.45, 7) is 2.80. The standard InChI is InChI=1S/C16H16N4O2/c1-2-22-15-10-8-14(9-11-15)20(16(21)18-19-17)12-13-6-4-3-5-7-13/h3-11H,2,12H2,1H3. The Kier molecular flexibility index (Phi) is 5.40. The number of rotatable bonds is 5. The van der Waals surface area contributed by atoms with Crippen molar-refractivity contribution >= 4 is 11.7 Å². The summed E-state index contributed by atoms with van der Waals surface area (Å²) in [7, 11) is 0. The summed E-state index contributed by atoms with van der Waals surface area (Å²) in [5.41, 5.74) is 10.1. The van der Waals surface area contributed by atoms with Gasteiger partial charge < -0.3 is 9.64 Å². The number of nitrogens with zero attached hydrogens (tertiary/aromatic N) is 4. The van der Waals surface area contributed by atoms with Crippen LogP contribution in [0.1, 0.15) is 12.5 Å². The molecule has 0 aliphatic carbocycles. The number of carbonyl (C=O) groups is 1. The quantitative estimate of drug-likeness (QED) is 0.462. The van der Waals surface area contributed by atoms with Gasteiger partial charge in [-0.2, -0.15) is 0 Å². The van der Waals surface area contributed by atoms with Crippen LogP contribution in [0.2, 0.25) is 0 Å². The lowest BCUT2D eigenvalue weighted by Gasteiger charge is -2.21. The van der Waals surface area contributed by atoms with Crippen molar-refractivity contribution in [2.75, 3.05) is 11.5 Å². The minimum Gasteiger partial charge on any atom is -0.494 e. The monoisotopic (exact) mass is 296 g/mol. The smallest absolute Gasteiger partial charge is 0.315 e. The number of hydrogen-bond acceptors (Lipinski definition) is 2. The summed E-state index contributed by atoms with van der Waals surface area (Å²) in [6.07, 6.45) is 0. The second kappa shape index (κ2) is 7.71. The number of urea groups is 1. The summed E-state index contributed by atoms with van der Waals surface area (Å²) in [5, 5.41) is 3.19. The predicted octanol–water partition coefficient (Wildman–Crippen LogP) is 4.52. The molecule has 0 unspecified atom stereocenters. The number of anilines is 1. The highest BCUT2D eigenvalue weighted by atomic mass is 16.5. The Labute approximate surface area is 128 Å². The van der Waals surface area contributed by atoms with Crippen LogP contribution in [-0.2, 0) is 6.54 Å².